The summed E-state index contributed by atoms with van der Waals surface area (Å²) in [5.74, 6) is -0.596. The van der Waals surface area contributed by atoms with Gasteiger partial charge in [0.25, 0.3) is 0 Å². The SMILES string of the molecule is CC(=O)NC(CCc1ccccc1)OC(C)=O. The lowest BCUT2D eigenvalue weighted by atomic mass is 10.1. The van der Waals surface area contributed by atoms with Crippen LogP contribution in [0.25, 0.3) is 0 Å². The number of hydrogen-bond donors (Lipinski definition) is 1. The van der Waals surface area contributed by atoms with Gasteiger partial charge in [-0.05, 0) is 12.0 Å². The van der Waals surface area contributed by atoms with Gasteiger partial charge in [0.15, 0.2) is 6.23 Å². The maximum absolute atomic E-state index is 10.9. The maximum atomic E-state index is 10.9. The molecule has 1 atom stereocenters. The van der Waals surface area contributed by atoms with Gasteiger partial charge in [0.1, 0.15) is 0 Å². The molecule has 0 saturated heterocycles. The summed E-state index contributed by atoms with van der Waals surface area (Å²) in [5, 5.41) is 2.60. The smallest absolute Gasteiger partial charge is 0.304 e. The van der Waals surface area contributed by atoms with Crippen LogP contribution in [0, 0.1) is 0 Å². The number of benzene rings is 1. The third-order valence-corrected chi connectivity index (χ3v) is 2.21. The lowest BCUT2D eigenvalue weighted by Gasteiger charge is -2.17. The van der Waals surface area contributed by atoms with E-state index in [-0.39, 0.29) is 5.91 Å². The Kier molecular flexibility index (Phi) is 5.20. The zero-order valence-corrected chi connectivity index (χ0v) is 10.1. The highest BCUT2D eigenvalue weighted by atomic mass is 16.6. The van der Waals surface area contributed by atoms with E-state index in [1.165, 1.54) is 13.8 Å². The van der Waals surface area contributed by atoms with Crippen molar-refractivity contribution in [3.8, 4) is 0 Å². The van der Waals surface area contributed by atoms with E-state index in [4.69, 9.17) is 4.74 Å². The zero-order valence-electron chi connectivity index (χ0n) is 10.1. The van der Waals surface area contributed by atoms with Crippen LogP contribution in [0.1, 0.15) is 25.8 Å². The van der Waals surface area contributed by atoms with Crippen molar-refractivity contribution >= 4 is 11.9 Å². The molecule has 1 rings (SSSR count). The highest BCUT2D eigenvalue weighted by molar-refractivity contribution is 5.73. The number of ether oxygens (including phenoxy) is 1. The van der Waals surface area contributed by atoms with Crippen LogP contribution >= 0.6 is 0 Å². The molecule has 0 aromatic heterocycles. The van der Waals surface area contributed by atoms with Crippen LogP contribution in [0.4, 0.5) is 0 Å². The van der Waals surface area contributed by atoms with Crippen LogP contribution in [0.2, 0.25) is 0 Å². The molecule has 1 aromatic rings. The van der Waals surface area contributed by atoms with Crippen LogP contribution < -0.4 is 5.32 Å². The van der Waals surface area contributed by atoms with E-state index in [0.717, 1.165) is 12.0 Å². The normalized spacial score (nSPS) is 11.6. The van der Waals surface area contributed by atoms with Gasteiger partial charge in [-0.15, -0.1) is 0 Å². The van der Waals surface area contributed by atoms with Crippen LogP contribution in [0.5, 0.6) is 0 Å². The fourth-order valence-corrected chi connectivity index (χ4v) is 1.53. The molecule has 0 heterocycles. The van der Waals surface area contributed by atoms with Crippen LogP contribution in [-0.4, -0.2) is 18.1 Å². The summed E-state index contributed by atoms with van der Waals surface area (Å²) < 4.78 is 5.01. The van der Waals surface area contributed by atoms with Crippen molar-refractivity contribution in [3.63, 3.8) is 0 Å². The topological polar surface area (TPSA) is 55.4 Å². The Labute approximate surface area is 101 Å². The van der Waals surface area contributed by atoms with Crippen molar-refractivity contribution < 1.29 is 14.3 Å². The number of amides is 1. The third kappa shape index (κ3) is 5.70. The second-order valence-electron chi connectivity index (χ2n) is 3.82. The molecule has 0 radical (unpaired) electrons. The average Bonchev–Trinajstić information content (AvgIpc) is 2.26. The van der Waals surface area contributed by atoms with Crippen LogP contribution in [-0.2, 0) is 20.7 Å². The Balaban J connectivity index is 2.48. The second-order valence-corrected chi connectivity index (χ2v) is 3.82. The Hall–Kier alpha value is -1.84. The standard InChI is InChI=1S/C13H17NO3/c1-10(15)14-13(17-11(2)16)9-8-12-6-4-3-5-7-12/h3-7,13H,8-9H2,1-2H3,(H,14,15). The first-order chi connectivity index (χ1) is 8.08. The molecule has 0 aliphatic heterocycles. The minimum absolute atomic E-state index is 0.204. The summed E-state index contributed by atoms with van der Waals surface area (Å²) in [7, 11) is 0. The molecule has 4 heteroatoms. The molecular weight excluding hydrogens is 218 g/mol. The van der Waals surface area contributed by atoms with E-state index in [1.807, 2.05) is 30.3 Å². The first-order valence-corrected chi connectivity index (χ1v) is 5.56. The van der Waals surface area contributed by atoms with Gasteiger partial charge in [-0.2, -0.15) is 0 Å². The van der Waals surface area contributed by atoms with Crippen molar-refractivity contribution in [2.75, 3.05) is 0 Å². The fourth-order valence-electron chi connectivity index (χ4n) is 1.53. The van der Waals surface area contributed by atoms with Gasteiger partial charge < -0.3 is 10.1 Å². The van der Waals surface area contributed by atoms with E-state index in [0.29, 0.717) is 6.42 Å². The van der Waals surface area contributed by atoms with Crippen LogP contribution in [0.15, 0.2) is 30.3 Å². The number of aryl methyl sites for hydroxylation is 1. The molecule has 1 unspecified atom stereocenters. The first-order valence-electron chi connectivity index (χ1n) is 5.56. The van der Waals surface area contributed by atoms with E-state index in [9.17, 15) is 9.59 Å². The monoisotopic (exact) mass is 235 g/mol. The number of carbonyl (C=O) groups excluding carboxylic acids is 2. The van der Waals surface area contributed by atoms with Gasteiger partial charge in [0.2, 0.25) is 5.91 Å². The van der Waals surface area contributed by atoms with Crippen LogP contribution in [0.3, 0.4) is 0 Å². The minimum Gasteiger partial charge on any atom is -0.442 e. The van der Waals surface area contributed by atoms with Gasteiger partial charge in [0, 0.05) is 20.3 Å². The predicted molar refractivity (Wildman–Crippen MR) is 64.1 cm³/mol. The van der Waals surface area contributed by atoms with E-state index in [2.05, 4.69) is 5.32 Å². The lowest BCUT2D eigenvalue weighted by molar-refractivity contribution is -0.149. The lowest BCUT2D eigenvalue weighted by Crippen LogP contribution is -2.36. The summed E-state index contributed by atoms with van der Waals surface area (Å²) in [6.45, 7) is 2.73. The summed E-state index contributed by atoms with van der Waals surface area (Å²) in [6, 6.07) is 9.85. The van der Waals surface area contributed by atoms with E-state index in [1.54, 1.807) is 0 Å². The number of rotatable bonds is 5. The highest BCUT2D eigenvalue weighted by Gasteiger charge is 2.12. The minimum atomic E-state index is -0.551. The Bertz CT molecular complexity index is 360. The summed E-state index contributed by atoms with van der Waals surface area (Å²) >= 11 is 0. The fraction of sp³-hybridized carbons (Fsp3) is 0.385. The molecule has 17 heavy (non-hydrogen) atoms. The molecule has 1 amide bonds. The average molecular weight is 235 g/mol. The Morgan fingerprint density at radius 1 is 1.24 bits per heavy atom. The van der Waals surface area contributed by atoms with Crippen molar-refractivity contribution in [1.29, 1.82) is 0 Å². The van der Waals surface area contributed by atoms with Gasteiger partial charge in [-0.3, -0.25) is 9.59 Å². The molecule has 0 saturated carbocycles. The molecule has 0 aliphatic rings. The van der Waals surface area contributed by atoms with Gasteiger partial charge >= 0.3 is 5.97 Å². The summed E-state index contributed by atoms with van der Waals surface area (Å²) in [5.41, 5.74) is 1.15. The number of carbonyl (C=O) groups is 2. The summed E-state index contributed by atoms with van der Waals surface area (Å²) in [6.07, 6.45) is 0.771. The Morgan fingerprint density at radius 2 is 1.88 bits per heavy atom. The summed E-state index contributed by atoms with van der Waals surface area (Å²) in [4.78, 5) is 21.8. The molecule has 92 valence electrons. The molecule has 0 aliphatic carbocycles. The molecule has 0 fully saturated rings. The highest BCUT2D eigenvalue weighted by Crippen LogP contribution is 2.06. The first kappa shape index (κ1) is 13.2. The van der Waals surface area contributed by atoms with Crippen molar-refractivity contribution in [2.24, 2.45) is 0 Å². The Morgan fingerprint density at radius 3 is 2.41 bits per heavy atom. The number of nitrogens with one attached hydrogen (secondary N) is 1. The maximum Gasteiger partial charge on any atom is 0.304 e. The quantitative estimate of drug-likeness (QED) is 0.623. The molecule has 0 spiro atoms. The molecule has 1 aromatic carbocycles. The third-order valence-electron chi connectivity index (χ3n) is 2.21. The molecule has 0 bridgehead atoms. The van der Waals surface area contributed by atoms with Gasteiger partial charge in [-0.1, -0.05) is 30.3 Å². The second kappa shape index (κ2) is 6.68. The van der Waals surface area contributed by atoms with Gasteiger partial charge in [0.05, 0.1) is 0 Å². The largest absolute Gasteiger partial charge is 0.442 e. The molecular formula is C13H17NO3. The van der Waals surface area contributed by atoms with Crippen molar-refractivity contribution in [1.82, 2.24) is 5.32 Å². The van der Waals surface area contributed by atoms with E-state index < -0.39 is 12.2 Å². The molecule has 1 N–H and O–H groups in total. The van der Waals surface area contributed by atoms with Crippen molar-refractivity contribution in [2.45, 2.75) is 32.9 Å². The predicted octanol–water partition coefficient (Wildman–Crippen LogP) is 1.64. The molecule has 4 nitrogen and oxygen atoms in total. The van der Waals surface area contributed by atoms with Crippen molar-refractivity contribution in [3.05, 3.63) is 35.9 Å². The number of hydrogen-bond acceptors (Lipinski definition) is 3. The van der Waals surface area contributed by atoms with Gasteiger partial charge in [-0.25, -0.2) is 0 Å². The number of esters is 1. The van der Waals surface area contributed by atoms with E-state index >= 15 is 0 Å². The zero-order chi connectivity index (χ0) is 12.7.